The third kappa shape index (κ3) is 4.38. The molecular weight excluding hydrogens is 390 g/mol. The molecule has 2 fully saturated rings. The highest BCUT2D eigenvalue weighted by molar-refractivity contribution is 7.99. The summed E-state index contributed by atoms with van der Waals surface area (Å²) in [7, 11) is -2.99. The van der Waals surface area contributed by atoms with E-state index in [1.165, 1.54) is 16.3 Å². The van der Waals surface area contributed by atoms with Crippen molar-refractivity contribution in [3.8, 4) is 0 Å². The first kappa shape index (κ1) is 19.8. The molecule has 4 rings (SSSR count). The van der Waals surface area contributed by atoms with E-state index < -0.39 is 9.84 Å². The molecule has 1 atom stereocenters. The van der Waals surface area contributed by atoms with Crippen LogP contribution in [0.3, 0.4) is 0 Å². The zero-order valence-corrected chi connectivity index (χ0v) is 17.7. The van der Waals surface area contributed by atoms with Gasteiger partial charge in [0.25, 0.3) is 0 Å². The fourth-order valence-electron chi connectivity index (χ4n) is 4.62. The lowest BCUT2D eigenvalue weighted by molar-refractivity contribution is -0.132. The Hall–Kier alpha value is -1.53. The quantitative estimate of drug-likeness (QED) is 0.712. The van der Waals surface area contributed by atoms with Crippen LogP contribution in [0.2, 0.25) is 0 Å². The first-order valence-corrected chi connectivity index (χ1v) is 13.1. The molecule has 28 heavy (non-hydrogen) atoms. The van der Waals surface area contributed by atoms with Crippen LogP contribution in [0.4, 0.5) is 0 Å². The molecule has 150 valence electrons. The van der Waals surface area contributed by atoms with E-state index in [1.54, 1.807) is 11.8 Å². The van der Waals surface area contributed by atoms with Crippen molar-refractivity contribution in [3.05, 3.63) is 48.0 Å². The molecule has 1 heterocycles. The second-order valence-corrected chi connectivity index (χ2v) is 11.1. The molecule has 0 N–H and O–H groups in total. The van der Waals surface area contributed by atoms with Crippen LogP contribution in [-0.4, -0.2) is 48.6 Å². The molecule has 0 spiro atoms. The largest absolute Gasteiger partial charge is 0.335 e. The summed E-state index contributed by atoms with van der Waals surface area (Å²) in [5.41, 5.74) is 1.24. The highest BCUT2D eigenvalue weighted by Gasteiger charge is 2.38. The number of carbonyl (C=O) groups is 1. The molecule has 0 aromatic heterocycles. The molecular formula is C22H27NO3S2. The smallest absolute Gasteiger partial charge is 0.233 e. The number of amides is 1. The van der Waals surface area contributed by atoms with Gasteiger partial charge >= 0.3 is 0 Å². The normalized spacial score (nSPS) is 21.9. The van der Waals surface area contributed by atoms with Crippen molar-refractivity contribution >= 4 is 38.3 Å². The van der Waals surface area contributed by atoms with Gasteiger partial charge in [-0.3, -0.25) is 4.79 Å². The number of benzene rings is 2. The maximum atomic E-state index is 13.1. The van der Waals surface area contributed by atoms with Crippen LogP contribution in [0.25, 0.3) is 10.8 Å². The third-order valence-electron chi connectivity index (χ3n) is 5.97. The van der Waals surface area contributed by atoms with E-state index >= 15 is 0 Å². The van der Waals surface area contributed by atoms with Gasteiger partial charge in [0.2, 0.25) is 5.91 Å². The number of nitrogens with zero attached hydrogens (tertiary/aromatic N) is 1. The molecule has 0 unspecified atom stereocenters. The Morgan fingerprint density at radius 2 is 1.75 bits per heavy atom. The Labute approximate surface area is 171 Å². The van der Waals surface area contributed by atoms with E-state index in [-0.39, 0.29) is 29.5 Å². The van der Waals surface area contributed by atoms with Gasteiger partial charge in [0, 0.05) is 17.8 Å². The lowest BCUT2D eigenvalue weighted by Crippen LogP contribution is -2.47. The Bertz CT molecular complexity index is 946. The number of sulfone groups is 1. The van der Waals surface area contributed by atoms with E-state index in [9.17, 15) is 13.2 Å². The van der Waals surface area contributed by atoms with Crippen LogP contribution >= 0.6 is 11.8 Å². The molecule has 1 amide bonds. The zero-order valence-electron chi connectivity index (χ0n) is 16.0. The van der Waals surface area contributed by atoms with Gasteiger partial charge in [0.05, 0.1) is 17.3 Å². The molecule has 4 nitrogen and oxygen atoms in total. The lowest BCUT2D eigenvalue weighted by atomic mass is 10.1. The van der Waals surface area contributed by atoms with Gasteiger partial charge in [-0.15, -0.1) is 11.8 Å². The van der Waals surface area contributed by atoms with E-state index in [0.29, 0.717) is 12.2 Å². The fourth-order valence-corrected chi connectivity index (χ4v) is 7.23. The summed E-state index contributed by atoms with van der Waals surface area (Å²) in [5.74, 6) is 1.67. The summed E-state index contributed by atoms with van der Waals surface area (Å²) < 4.78 is 23.9. The van der Waals surface area contributed by atoms with Crippen LogP contribution in [0, 0.1) is 0 Å². The van der Waals surface area contributed by atoms with Gasteiger partial charge in [-0.2, -0.15) is 0 Å². The molecule has 1 saturated carbocycles. The number of thioether (sulfide) groups is 1. The van der Waals surface area contributed by atoms with Gasteiger partial charge in [-0.05, 0) is 35.6 Å². The third-order valence-corrected chi connectivity index (χ3v) is 8.69. The van der Waals surface area contributed by atoms with Crippen LogP contribution in [0.5, 0.6) is 0 Å². The second kappa shape index (κ2) is 8.46. The van der Waals surface area contributed by atoms with E-state index in [4.69, 9.17) is 0 Å². The standard InChI is InChI=1S/C22H27NO3S2/c24-22(15-27-14-18-8-5-7-17-6-1-4-11-21(17)18)23(19-9-2-3-10-19)20-12-13-28(25,26)16-20/h1,4-8,11,19-20H,2-3,9-10,12-16H2/t20-/m0/s1. The molecule has 1 aliphatic heterocycles. The SMILES string of the molecule is O=C(CSCc1cccc2ccccc12)N(C1CCCC1)[C@H]1CCS(=O)(=O)C1. The summed E-state index contributed by atoms with van der Waals surface area (Å²) in [4.78, 5) is 15.0. The molecule has 1 aliphatic carbocycles. The minimum Gasteiger partial charge on any atom is -0.335 e. The number of rotatable bonds is 6. The highest BCUT2D eigenvalue weighted by Crippen LogP contribution is 2.30. The minimum atomic E-state index is -2.99. The monoisotopic (exact) mass is 417 g/mol. The van der Waals surface area contributed by atoms with Crippen LogP contribution in [-0.2, 0) is 20.4 Å². The molecule has 1 saturated heterocycles. The van der Waals surface area contributed by atoms with Gasteiger partial charge < -0.3 is 4.90 Å². The molecule has 0 bridgehead atoms. The molecule has 2 aromatic carbocycles. The molecule has 0 radical (unpaired) electrons. The molecule has 6 heteroatoms. The van der Waals surface area contributed by atoms with Crippen molar-refractivity contribution in [1.82, 2.24) is 4.90 Å². The number of hydrogen-bond acceptors (Lipinski definition) is 4. The van der Waals surface area contributed by atoms with Gasteiger partial charge in [0.1, 0.15) is 0 Å². The van der Waals surface area contributed by atoms with E-state index in [0.717, 1.165) is 31.4 Å². The summed E-state index contributed by atoms with van der Waals surface area (Å²) >= 11 is 1.63. The molecule has 2 aliphatic rings. The molecule has 2 aromatic rings. The summed E-state index contributed by atoms with van der Waals surface area (Å²) in [6.45, 7) is 0. The topological polar surface area (TPSA) is 54.5 Å². The average Bonchev–Trinajstić information content (AvgIpc) is 3.32. The Balaban J connectivity index is 1.43. The first-order valence-electron chi connectivity index (χ1n) is 10.1. The predicted molar refractivity (Wildman–Crippen MR) is 116 cm³/mol. The van der Waals surface area contributed by atoms with Crippen LogP contribution in [0.15, 0.2) is 42.5 Å². The predicted octanol–water partition coefficient (Wildman–Crippen LogP) is 4.03. The second-order valence-electron chi connectivity index (χ2n) is 7.93. The summed E-state index contributed by atoms with van der Waals surface area (Å²) in [5, 5.41) is 2.45. The van der Waals surface area contributed by atoms with Crippen LogP contribution in [0.1, 0.15) is 37.7 Å². The number of hydrogen-bond donors (Lipinski definition) is 0. The van der Waals surface area contributed by atoms with Gasteiger partial charge in [-0.25, -0.2) is 8.42 Å². The van der Waals surface area contributed by atoms with Crippen molar-refractivity contribution in [3.63, 3.8) is 0 Å². The van der Waals surface area contributed by atoms with Crippen molar-refractivity contribution in [2.75, 3.05) is 17.3 Å². The summed E-state index contributed by atoms with van der Waals surface area (Å²) in [6, 6.07) is 14.7. The van der Waals surface area contributed by atoms with Gasteiger partial charge in [0.15, 0.2) is 9.84 Å². The first-order chi connectivity index (χ1) is 13.5. The van der Waals surface area contributed by atoms with Crippen molar-refractivity contribution in [2.45, 2.75) is 49.9 Å². The number of fused-ring (bicyclic) bond motifs is 1. The summed E-state index contributed by atoms with van der Waals surface area (Å²) in [6.07, 6.45) is 4.89. The fraction of sp³-hybridized carbons (Fsp3) is 0.500. The maximum Gasteiger partial charge on any atom is 0.233 e. The Morgan fingerprint density at radius 1 is 1.00 bits per heavy atom. The Kier molecular flexibility index (Phi) is 5.97. The lowest BCUT2D eigenvalue weighted by Gasteiger charge is -2.34. The number of carbonyl (C=O) groups excluding carboxylic acids is 1. The zero-order chi connectivity index (χ0) is 19.6. The average molecular weight is 418 g/mol. The minimum absolute atomic E-state index is 0.110. The van der Waals surface area contributed by atoms with E-state index in [2.05, 4.69) is 30.3 Å². The van der Waals surface area contributed by atoms with E-state index in [1.807, 2.05) is 17.0 Å². The van der Waals surface area contributed by atoms with Gasteiger partial charge in [-0.1, -0.05) is 55.3 Å². The van der Waals surface area contributed by atoms with Crippen molar-refractivity contribution < 1.29 is 13.2 Å². The Morgan fingerprint density at radius 3 is 2.50 bits per heavy atom. The maximum absolute atomic E-state index is 13.1. The van der Waals surface area contributed by atoms with Crippen molar-refractivity contribution in [2.24, 2.45) is 0 Å². The van der Waals surface area contributed by atoms with Crippen LogP contribution < -0.4 is 0 Å². The highest BCUT2D eigenvalue weighted by atomic mass is 32.2. The van der Waals surface area contributed by atoms with Crippen molar-refractivity contribution in [1.29, 1.82) is 0 Å².